The molecule has 0 spiro atoms. The van der Waals surface area contributed by atoms with Crippen molar-refractivity contribution in [3.63, 3.8) is 0 Å². The molecule has 1 heterocycles. The van der Waals surface area contributed by atoms with E-state index in [9.17, 15) is 4.79 Å². The summed E-state index contributed by atoms with van der Waals surface area (Å²) in [6.45, 7) is 13.9. The van der Waals surface area contributed by atoms with Crippen LogP contribution in [0.25, 0.3) is 0 Å². The highest BCUT2D eigenvalue weighted by Gasteiger charge is 2.25. The van der Waals surface area contributed by atoms with E-state index in [0.29, 0.717) is 18.2 Å². The second kappa shape index (κ2) is 9.23. The van der Waals surface area contributed by atoms with Crippen molar-refractivity contribution in [2.45, 2.75) is 59.0 Å². The van der Waals surface area contributed by atoms with Gasteiger partial charge in [-0.25, -0.2) is 0 Å². The van der Waals surface area contributed by atoms with Crippen molar-refractivity contribution in [1.29, 1.82) is 0 Å². The van der Waals surface area contributed by atoms with Crippen LogP contribution in [-0.2, 0) is 4.79 Å². The van der Waals surface area contributed by atoms with Crippen LogP contribution in [-0.4, -0.2) is 35.9 Å². The van der Waals surface area contributed by atoms with Gasteiger partial charge in [-0.3, -0.25) is 4.79 Å². The molecule has 100 valence electrons. The lowest BCUT2D eigenvalue weighted by atomic mass is 10.1. The summed E-state index contributed by atoms with van der Waals surface area (Å²) in [7, 11) is 0. The van der Waals surface area contributed by atoms with Gasteiger partial charge >= 0.3 is 0 Å². The molecule has 0 aromatic rings. The fraction of sp³-hybridized carbons (Fsp3) is 0.786. The van der Waals surface area contributed by atoms with Gasteiger partial charge in [-0.1, -0.05) is 26.8 Å². The van der Waals surface area contributed by atoms with Crippen LogP contribution in [0, 0.1) is 0 Å². The Morgan fingerprint density at radius 1 is 1.53 bits per heavy atom. The molecule has 0 aromatic carbocycles. The molecule has 0 amide bonds. The summed E-state index contributed by atoms with van der Waals surface area (Å²) in [4.78, 5) is 13.8. The number of nitrogens with one attached hydrogen (secondary N) is 1. The van der Waals surface area contributed by atoms with E-state index in [1.54, 1.807) is 6.20 Å². The molecule has 1 saturated heterocycles. The maximum Gasteiger partial charge on any atom is 0.156 e. The summed E-state index contributed by atoms with van der Waals surface area (Å²) in [5, 5.41) is 3.29. The predicted octanol–water partition coefficient (Wildman–Crippen LogP) is 2.58. The van der Waals surface area contributed by atoms with Gasteiger partial charge in [-0.2, -0.15) is 0 Å². The molecule has 0 saturated carbocycles. The zero-order valence-electron chi connectivity index (χ0n) is 11.8. The summed E-state index contributed by atoms with van der Waals surface area (Å²) in [6.07, 6.45) is 4.67. The van der Waals surface area contributed by atoms with Crippen molar-refractivity contribution in [3.8, 4) is 0 Å². The van der Waals surface area contributed by atoms with Crippen LogP contribution in [0.3, 0.4) is 0 Å². The Morgan fingerprint density at radius 3 is 2.59 bits per heavy atom. The van der Waals surface area contributed by atoms with Crippen LogP contribution >= 0.6 is 0 Å². The van der Waals surface area contributed by atoms with Gasteiger partial charge in [0.15, 0.2) is 5.78 Å². The summed E-state index contributed by atoms with van der Waals surface area (Å²) in [5.74, 6) is 0.337. The van der Waals surface area contributed by atoms with Gasteiger partial charge in [0.05, 0.1) is 6.04 Å². The third-order valence-electron chi connectivity index (χ3n) is 2.65. The van der Waals surface area contributed by atoms with Gasteiger partial charge in [0.1, 0.15) is 0 Å². The Morgan fingerprint density at radius 2 is 2.12 bits per heavy atom. The van der Waals surface area contributed by atoms with Gasteiger partial charge in [0.25, 0.3) is 0 Å². The van der Waals surface area contributed by atoms with Crippen LogP contribution in [0.15, 0.2) is 12.8 Å². The quantitative estimate of drug-likeness (QED) is 0.823. The zero-order chi connectivity index (χ0) is 13.3. The predicted molar refractivity (Wildman–Crippen MR) is 74.0 cm³/mol. The number of carbonyl (C=O) groups is 1. The Kier molecular flexibility index (Phi) is 8.78. The topological polar surface area (TPSA) is 32.3 Å². The van der Waals surface area contributed by atoms with Gasteiger partial charge in [-0.05, 0) is 33.0 Å². The monoisotopic (exact) mass is 240 g/mol. The standard InChI is InChI=1S/C11H20N2O.C3H8/c1-4-13(9(2)3)10-8-12-7-5-6-11(10)14;1-3-2/h4,9-10,12H,1,5-8H2,2-3H3;3H2,1-2H3. The first-order valence-corrected chi connectivity index (χ1v) is 6.71. The van der Waals surface area contributed by atoms with E-state index < -0.39 is 0 Å². The first-order chi connectivity index (χ1) is 8.08. The lowest BCUT2D eigenvalue weighted by molar-refractivity contribution is -0.123. The molecule has 1 N–H and O–H groups in total. The number of ketones is 1. The molecule has 1 rings (SSSR count). The fourth-order valence-electron chi connectivity index (χ4n) is 1.88. The van der Waals surface area contributed by atoms with E-state index in [2.05, 4.69) is 39.6 Å². The maximum atomic E-state index is 11.8. The van der Waals surface area contributed by atoms with Crippen LogP contribution in [0.5, 0.6) is 0 Å². The van der Waals surface area contributed by atoms with Crippen molar-refractivity contribution < 1.29 is 4.79 Å². The number of carbonyl (C=O) groups excluding carboxylic acids is 1. The molecule has 1 aliphatic rings. The normalized spacial score (nSPS) is 20.3. The van der Waals surface area contributed by atoms with Crippen molar-refractivity contribution in [2.75, 3.05) is 13.1 Å². The second-order valence-electron chi connectivity index (χ2n) is 4.72. The largest absolute Gasteiger partial charge is 0.364 e. The van der Waals surface area contributed by atoms with Gasteiger partial charge in [0, 0.05) is 19.0 Å². The van der Waals surface area contributed by atoms with Crippen molar-refractivity contribution in [2.24, 2.45) is 0 Å². The number of rotatable bonds is 3. The summed E-state index contributed by atoms with van der Waals surface area (Å²) in [6, 6.07) is 0.316. The molecule has 3 nitrogen and oxygen atoms in total. The third-order valence-corrected chi connectivity index (χ3v) is 2.65. The molecule has 0 radical (unpaired) electrons. The van der Waals surface area contributed by atoms with Crippen LogP contribution in [0.4, 0.5) is 0 Å². The highest BCUT2D eigenvalue weighted by Crippen LogP contribution is 2.11. The fourth-order valence-corrected chi connectivity index (χ4v) is 1.88. The van der Waals surface area contributed by atoms with Crippen LogP contribution in [0.2, 0.25) is 0 Å². The van der Waals surface area contributed by atoms with Crippen LogP contribution in [0.1, 0.15) is 47.0 Å². The highest BCUT2D eigenvalue weighted by atomic mass is 16.1. The van der Waals surface area contributed by atoms with Crippen molar-refractivity contribution in [1.82, 2.24) is 10.2 Å². The molecule has 1 aliphatic heterocycles. The Labute approximate surface area is 106 Å². The average Bonchev–Trinajstić information content (AvgIpc) is 2.46. The average molecular weight is 240 g/mol. The van der Waals surface area contributed by atoms with Crippen molar-refractivity contribution in [3.05, 3.63) is 12.8 Å². The third kappa shape index (κ3) is 5.87. The molecule has 3 heteroatoms. The van der Waals surface area contributed by atoms with E-state index >= 15 is 0 Å². The minimum absolute atomic E-state index is 0.0185. The van der Waals surface area contributed by atoms with E-state index in [0.717, 1.165) is 19.5 Å². The molecular weight excluding hydrogens is 212 g/mol. The minimum atomic E-state index is -0.0185. The summed E-state index contributed by atoms with van der Waals surface area (Å²) in [5.41, 5.74) is 0. The maximum absolute atomic E-state index is 11.8. The van der Waals surface area contributed by atoms with Crippen molar-refractivity contribution >= 4 is 5.78 Å². The van der Waals surface area contributed by atoms with Gasteiger partial charge in [-0.15, -0.1) is 0 Å². The molecule has 0 aliphatic carbocycles. The molecule has 0 aromatic heterocycles. The molecule has 17 heavy (non-hydrogen) atoms. The highest BCUT2D eigenvalue weighted by molar-refractivity contribution is 5.84. The first-order valence-electron chi connectivity index (χ1n) is 6.71. The zero-order valence-corrected chi connectivity index (χ0v) is 11.8. The smallest absolute Gasteiger partial charge is 0.156 e. The Bertz CT molecular complexity index is 226. The van der Waals surface area contributed by atoms with E-state index in [-0.39, 0.29) is 6.04 Å². The number of hydrogen-bond acceptors (Lipinski definition) is 3. The SMILES string of the molecule is C=CN(C(C)C)C1CNCCCC1=O.CCC. The number of Topliss-reactive ketones (excluding diaryl/α,β-unsaturated/α-hetero) is 1. The second-order valence-corrected chi connectivity index (χ2v) is 4.72. The Hall–Kier alpha value is -0.830. The van der Waals surface area contributed by atoms with Gasteiger partial charge < -0.3 is 10.2 Å². The molecule has 0 bridgehead atoms. The number of hydrogen-bond donors (Lipinski definition) is 1. The molecule has 1 unspecified atom stereocenters. The molecule has 1 atom stereocenters. The van der Waals surface area contributed by atoms with Gasteiger partial charge in [0.2, 0.25) is 0 Å². The van der Waals surface area contributed by atoms with E-state index in [1.807, 2.05) is 4.90 Å². The Balaban J connectivity index is 0.000000770. The number of nitrogens with zero attached hydrogens (tertiary/aromatic N) is 1. The van der Waals surface area contributed by atoms with E-state index in [4.69, 9.17) is 0 Å². The van der Waals surface area contributed by atoms with Crippen LogP contribution < -0.4 is 5.32 Å². The summed E-state index contributed by atoms with van der Waals surface area (Å²) >= 11 is 0. The minimum Gasteiger partial charge on any atom is -0.364 e. The lowest BCUT2D eigenvalue weighted by Crippen LogP contribution is -2.46. The molecule has 1 fully saturated rings. The molecular formula is C14H28N2O. The first kappa shape index (κ1) is 16.2. The van der Waals surface area contributed by atoms with E-state index in [1.165, 1.54) is 6.42 Å². The summed E-state index contributed by atoms with van der Waals surface area (Å²) < 4.78 is 0. The lowest BCUT2D eigenvalue weighted by Gasteiger charge is -2.32.